The molecule has 0 N–H and O–H groups in total. The molecular formula is C11H15NOS. The van der Waals surface area contributed by atoms with Crippen LogP contribution in [0.2, 0.25) is 0 Å². The smallest absolute Gasteiger partial charge is 0.219 e. The Bertz CT molecular complexity index is 299. The summed E-state index contributed by atoms with van der Waals surface area (Å²) in [6, 6.07) is 2.21. The predicted octanol–water partition coefficient (Wildman–Crippen LogP) is 2.47. The van der Waals surface area contributed by atoms with Gasteiger partial charge in [-0.05, 0) is 41.1 Å². The second-order valence-electron chi connectivity index (χ2n) is 3.84. The van der Waals surface area contributed by atoms with E-state index in [0.717, 1.165) is 25.9 Å². The van der Waals surface area contributed by atoms with Gasteiger partial charge in [0.2, 0.25) is 5.91 Å². The molecule has 1 aromatic heterocycles. The highest BCUT2D eigenvalue weighted by atomic mass is 32.1. The minimum absolute atomic E-state index is 0.216. The molecular weight excluding hydrogens is 194 g/mol. The fourth-order valence-corrected chi connectivity index (χ4v) is 2.78. The van der Waals surface area contributed by atoms with Gasteiger partial charge in [-0.3, -0.25) is 4.79 Å². The van der Waals surface area contributed by atoms with E-state index in [0.29, 0.717) is 5.92 Å². The summed E-state index contributed by atoms with van der Waals surface area (Å²) in [6.45, 7) is 3.51. The van der Waals surface area contributed by atoms with Crippen LogP contribution in [-0.4, -0.2) is 23.9 Å². The Morgan fingerprint density at radius 1 is 1.50 bits per heavy atom. The Kier molecular flexibility index (Phi) is 2.87. The van der Waals surface area contributed by atoms with Gasteiger partial charge >= 0.3 is 0 Å². The minimum atomic E-state index is 0.216. The lowest BCUT2D eigenvalue weighted by Crippen LogP contribution is -2.36. The van der Waals surface area contributed by atoms with Gasteiger partial charge < -0.3 is 4.90 Å². The van der Waals surface area contributed by atoms with E-state index >= 15 is 0 Å². The number of amides is 1. The molecule has 76 valence electrons. The van der Waals surface area contributed by atoms with Crippen molar-refractivity contribution in [1.29, 1.82) is 0 Å². The van der Waals surface area contributed by atoms with Crippen molar-refractivity contribution in [1.82, 2.24) is 4.90 Å². The summed E-state index contributed by atoms with van der Waals surface area (Å²) in [4.78, 5) is 13.1. The lowest BCUT2D eigenvalue weighted by molar-refractivity contribution is -0.129. The number of hydrogen-bond acceptors (Lipinski definition) is 2. The van der Waals surface area contributed by atoms with Crippen LogP contribution in [0.25, 0.3) is 0 Å². The van der Waals surface area contributed by atoms with Gasteiger partial charge in [0.1, 0.15) is 0 Å². The molecule has 1 amide bonds. The summed E-state index contributed by atoms with van der Waals surface area (Å²) < 4.78 is 0. The van der Waals surface area contributed by atoms with Crippen LogP contribution >= 0.6 is 11.3 Å². The van der Waals surface area contributed by atoms with Crippen molar-refractivity contribution in [2.45, 2.75) is 25.7 Å². The van der Waals surface area contributed by atoms with Crippen LogP contribution in [0.5, 0.6) is 0 Å². The molecule has 0 radical (unpaired) electrons. The van der Waals surface area contributed by atoms with Gasteiger partial charge in [0, 0.05) is 20.0 Å². The van der Waals surface area contributed by atoms with Crippen LogP contribution in [0.15, 0.2) is 16.8 Å². The molecule has 0 unspecified atom stereocenters. The van der Waals surface area contributed by atoms with Crippen LogP contribution in [-0.2, 0) is 4.79 Å². The lowest BCUT2D eigenvalue weighted by atomic mass is 9.91. The molecule has 0 aliphatic carbocycles. The molecule has 3 heteroatoms. The van der Waals surface area contributed by atoms with Gasteiger partial charge in [0.15, 0.2) is 0 Å². The van der Waals surface area contributed by atoms with Crippen molar-refractivity contribution >= 4 is 17.2 Å². The van der Waals surface area contributed by atoms with Crippen LogP contribution < -0.4 is 0 Å². The Labute approximate surface area is 88.5 Å². The molecule has 1 fully saturated rings. The van der Waals surface area contributed by atoms with E-state index in [1.54, 1.807) is 18.3 Å². The maximum Gasteiger partial charge on any atom is 0.219 e. The van der Waals surface area contributed by atoms with E-state index in [2.05, 4.69) is 16.8 Å². The second-order valence-corrected chi connectivity index (χ2v) is 4.62. The Morgan fingerprint density at radius 2 is 2.21 bits per heavy atom. The molecule has 2 nitrogen and oxygen atoms in total. The highest BCUT2D eigenvalue weighted by Gasteiger charge is 2.21. The molecule has 1 aliphatic heterocycles. The normalized spacial score (nSPS) is 18.5. The fraction of sp³-hybridized carbons (Fsp3) is 0.545. The zero-order valence-electron chi connectivity index (χ0n) is 8.40. The molecule has 0 spiro atoms. The van der Waals surface area contributed by atoms with E-state index in [1.807, 2.05) is 4.90 Å². The van der Waals surface area contributed by atoms with E-state index in [4.69, 9.17) is 0 Å². The van der Waals surface area contributed by atoms with Gasteiger partial charge in [-0.2, -0.15) is 11.3 Å². The first-order valence-corrected chi connectivity index (χ1v) is 5.99. The first kappa shape index (κ1) is 9.71. The quantitative estimate of drug-likeness (QED) is 0.696. The third-order valence-corrected chi connectivity index (χ3v) is 3.66. The number of rotatable bonds is 1. The lowest BCUT2D eigenvalue weighted by Gasteiger charge is -2.30. The minimum Gasteiger partial charge on any atom is -0.343 e. The third kappa shape index (κ3) is 1.98. The third-order valence-electron chi connectivity index (χ3n) is 2.95. The van der Waals surface area contributed by atoms with Crippen molar-refractivity contribution < 1.29 is 4.79 Å². The zero-order chi connectivity index (χ0) is 9.97. The SMILES string of the molecule is CC(=O)N1CCC(c2ccsc2)CC1. The summed E-state index contributed by atoms with van der Waals surface area (Å²) in [7, 11) is 0. The predicted molar refractivity (Wildman–Crippen MR) is 58.5 cm³/mol. The molecule has 1 aliphatic rings. The summed E-state index contributed by atoms with van der Waals surface area (Å²) >= 11 is 1.76. The second kappa shape index (κ2) is 4.13. The van der Waals surface area contributed by atoms with Crippen LogP contribution in [0.4, 0.5) is 0 Å². The average molecular weight is 209 g/mol. The Morgan fingerprint density at radius 3 is 2.71 bits per heavy atom. The zero-order valence-corrected chi connectivity index (χ0v) is 9.22. The number of thiophene rings is 1. The Hall–Kier alpha value is -0.830. The molecule has 0 aromatic carbocycles. The summed E-state index contributed by atoms with van der Waals surface area (Å²) in [6.07, 6.45) is 2.24. The average Bonchev–Trinajstić information content (AvgIpc) is 2.71. The maximum atomic E-state index is 11.1. The number of piperidine rings is 1. The van der Waals surface area contributed by atoms with Crippen molar-refractivity contribution in [3.05, 3.63) is 22.4 Å². The molecule has 2 rings (SSSR count). The number of likely N-dealkylation sites (tertiary alicyclic amines) is 1. The van der Waals surface area contributed by atoms with Crippen LogP contribution in [0.3, 0.4) is 0 Å². The first-order valence-electron chi connectivity index (χ1n) is 5.05. The molecule has 2 heterocycles. The number of carbonyl (C=O) groups is 1. The Balaban J connectivity index is 1.93. The van der Waals surface area contributed by atoms with Gasteiger partial charge in [0.05, 0.1) is 0 Å². The molecule has 14 heavy (non-hydrogen) atoms. The van der Waals surface area contributed by atoms with Crippen molar-refractivity contribution in [2.75, 3.05) is 13.1 Å². The van der Waals surface area contributed by atoms with Gasteiger partial charge in [0.25, 0.3) is 0 Å². The summed E-state index contributed by atoms with van der Waals surface area (Å²) in [5.41, 5.74) is 1.46. The fourth-order valence-electron chi connectivity index (χ4n) is 2.04. The van der Waals surface area contributed by atoms with E-state index in [9.17, 15) is 4.79 Å². The molecule has 0 saturated carbocycles. The van der Waals surface area contributed by atoms with E-state index in [-0.39, 0.29) is 5.91 Å². The molecule has 0 atom stereocenters. The highest BCUT2D eigenvalue weighted by molar-refractivity contribution is 7.07. The standard InChI is InChI=1S/C11H15NOS/c1-9(13)12-5-2-10(3-6-12)11-4-7-14-8-11/h4,7-8,10H,2-3,5-6H2,1H3. The van der Waals surface area contributed by atoms with E-state index < -0.39 is 0 Å². The molecule has 1 saturated heterocycles. The number of nitrogens with zero attached hydrogens (tertiary/aromatic N) is 1. The maximum absolute atomic E-state index is 11.1. The largest absolute Gasteiger partial charge is 0.343 e. The van der Waals surface area contributed by atoms with Crippen molar-refractivity contribution in [3.8, 4) is 0 Å². The molecule has 0 bridgehead atoms. The topological polar surface area (TPSA) is 20.3 Å². The van der Waals surface area contributed by atoms with Crippen LogP contribution in [0.1, 0.15) is 31.2 Å². The molecule has 1 aromatic rings. The van der Waals surface area contributed by atoms with Crippen molar-refractivity contribution in [3.63, 3.8) is 0 Å². The van der Waals surface area contributed by atoms with Crippen molar-refractivity contribution in [2.24, 2.45) is 0 Å². The summed E-state index contributed by atoms with van der Waals surface area (Å²) in [5.74, 6) is 0.894. The van der Waals surface area contributed by atoms with Gasteiger partial charge in [-0.15, -0.1) is 0 Å². The van der Waals surface area contributed by atoms with Gasteiger partial charge in [-0.1, -0.05) is 0 Å². The van der Waals surface area contributed by atoms with Gasteiger partial charge in [-0.25, -0.2) is 0 Å². The van der Waals surface area contributed by atoms with E-state index in [1.165, 1.54) is 5.56 Å². The highest BCUT2D eigenvalue weighted by Crippen LogP contribution is 2.29. The number of carbonyl (C=O) groups excluding carboxylic acids is 1. The number of hydrogen-bond donors (Lipinski definition) is 0. The van der Waals surface area contributed by atoms with Crippen LogP contribution in [0, 0.1) is 0 Å². The summed E-state index contributed by atoms with van der Waals surface area (Å²) in [5, 5.41) is 4.36. The monoisotopic (exact) mass is 209 g/mol. The first-order chi connectivity index (χ1) is 6.77.